The van der Waals surface area contributed by atoms with Crippen LogP contribution in [0.3, 0.4) is 0 Å². The number of nitrogens with zero attached hydrogens (tertiary/aromatic N) is 3. The Kier molecular flexibility index (Phi) is 5.10. The second kappa shape index (κ2) is 7.19. The van der Waals surface area contributed by atoms with Gasteiger partial charge in [0.05, 0.1) is 0 Å². The molecule has 144 valence electrons. The molecule has 0 radical (unpaired) electrons. The van der Waals surface area contributed by atoms with Crippen LogP contribution in [0.5, 0.6) is 0 Å². The van der Waals surface area contributed by atoms with E-state index in [9.17, 15) is 8.42 Å². The summed E-state index contributed by atoms with van der Waals surface area (Å²) >= 11 is 0. The summed E-state index contributed by atoms with van der Waals surface area (Å²) in [6.45, 7) is 7.50. The van der Waals surface area contributed by atoms with Gasteiger partial charge in [-0.2, -0.15) is 0 Å². The van der Waals surface area contributed by atoms with Gasteiger partial charge in [0.15, 0.2) is 0 Å². The summed E-state index contributed by atoms with van der Waals surface area (Å²) < 4.78 is 36.2. The van der Waals surface area contributed by atoms with Crippen molar-refractivity contribution in [1.29, 1.82) is 0 Å². The van der Waals surface area contributed by atoms with Crippen LogP contribution in [0.1, 0.15) is 36.6 Å². The molecule has 0 fully saturated rings. The minimum Gasteiger partial charge on any atom is -0.419 e. The molecular formula is C19H24N4O3S. The number of benzene rings is 1. The molecule has 0 aliphatic carbocycles. The lowest BCUT2D eigenvalue weighted by Gasteiger charge is -2.09. The van der Waals surface area contributed by atoms with E-state index in [4.69, 9.17) is 4.42 Å². The summed E-state index contributed by atoms with van der Waals surface area (Å²) in [6, 6.07) is 7.38. The smallest absolute Gasteiger partial charge is 0.264 e. The molecule has 27 heavy (non-hydrogen) atoms. The van der Waals surface area contributed by atoms with Crippen LogP contribution in [0.25, 0.3) is 11.6 Å². The number of hydrogen-bond donors (Lipinski definition) is 1. The summed E-state index contributed by atoms with van der Waals surface area (Å²) in [7, 11) is -1.97. The number of aromatic nitrogens is 3. The van der Waals surface area contributed by atoms with E-state index in [0.29, 0.717) is 40.8 Å². The molecule has 0 aliphatic heterocycles. The molecule has 2 aromatic heterocycles. The van der Waals surface area contributed by atoms with Crippen LogP contribution >= 0.6 is 0 Å². The normalized spacial score (nSPS) is 11.7. The fourth-order valence-electron chi connectivity index (χ4n) is 3.16. The van der Waals surface area contributed by atoms with Gasteiger partial charge < -0.3 is 8.98 Å². The topological polar surface area (TPSA) is 90.0 Å². The lowest BCUT2D eigenvalue weighted by Crippen LogP contribution is -2.14. The van der Waals surface area contributed by atoms with Crippen molar-refractivity contribution in [2.24, 2.45) is 7.05 Å². The predicted molar refractivity (Wildman–Crippen MR) is 104 cm³/mol. The Morgan fingerprint density at radius 2 is 1.74 bits per heavy atom. The molecule has 0 saturated heterocycles. The van der Waals surface area contributed by atoms with Gasteiger partial charge in [-0.05, 0) is 38.0 Å². The van der Waals surface area contributed by atoms with Crippen LogP contribution < -0.4 is 4.72 Å². The van der Waals surface area contributed by atoms with Gasteiger partial charge in [0.2, 0.25) is 5.89 Å². The minimum atomic E-state index is -3.76. The first kappa shape index (κ1) is 19.2. The SMILES string of the molecule is CCc1ccc(NS(=O)(=O)c2c(C)c(-c3nnc(CC)o3)n(C)c2C)cc1. The third kappa shape index (κ3) is 3.49. The van der Waals surface area contributed by atoms with E-state index >= 15 is 0 Å². The van der Waals surface area contributed by atoms with Crippen LogP contribution in [-0.2, 0) is 29.9 Å². The van der Waals surface area contributed by atoms with E-state index in [0.717, 1.165) is 12.0 Å². The lowest BCUT2D eigenvalue weighted by molar-refractivity contribution is 0.508. The highest BCUT2D eigenvalue weighted by atomic mass is 32.2. The number of nitrogens with one attached hydrogen (secondary N) is 1. The van der Waals surface area contributed by atoms with Gasteiger partial charge in [-0.15, -0.1) is 10.2 Å². The van der Waals surface area contributed by atoms with Crippen molar-refractivity contribution < 1.29 is 12.8 Å². The number of sulfonamides is 1. The Balaban J connectivity index is 2.03. The average Bonchev–Trinajstić information content (AvgIpc) is 3.18. The van der Waals surface area contributed by atoms with Gasteiger partial charge in [-0.25, -0.2) is 8.42 Å². The molecule has 2 heterocycles. The molecule has 1 aromatic carbocycles. The van der Waals surface area contributed by atoms with E-state index in [2.05, 4.69) is 21.8 Å². The summed E-state index contributed by atoms with van der Waals surface area (Å²) in [5.41, 5.74) is 3.48. The van der Waals surface area contributed by atoms with E-state index in [1.807, 2.05) is 19.1 Å². The second-order valence-electron chi connectivity index (χ2n) is 6.46. The zero-order chi connectivity index (χ0) is 19.8. The Hall–Kier alpha value is -2.61. The van der Waals surface area contributed by atoms with Crippen molar-refractivity contribution in [3.63, 3.8) is 0 Å². The molecule has 0 spiro atoms. The maximum Gasteiger partial charge on any atom is 0.264 e. The molecule has 8 heteroatoms. The van der Waals surface area contributed by atoms with Gasteiger partial charge in [0.1, 0.15) is 10.6 Å². The molecule has 3 aromatic rings. The van der Waals surface area contributed by atoms with Crippen LogP contribution in [0.2, 0.25) is 0 Å². The van der Waals surface area contributed by atoms with Crippen LogP contribution in [0.4, 0.5) is 5.69 Å². The molecule has 0 saturated carbocycles. The first-order valence-electron chi connectivity index (χ1n) is 8.88. The Morgan fingerprint density at radius 1 is 1.07 bits per heavy atom. The zero-order valence-electron chi connectivity index (χ0n) is 16.2. The largest absolute Gasteiger partial charge is 0.419 e. The molecule has 0 unspecified atom stereocenters. The Bertz CT molecular complexity index is 1060. The van der Waals surface area contributed by atoms with Crippen molar-refractivity contribution in [2.75, 3.05) is 4.72 Å². The number of aryl methyl sites for hydroxylation is 2. The first-order chi connectivity index (χ1) is 12.8. The van der Waals surface area contributed by atoms with Crippen molar-refractivity contribution in [3.8, 4) is 11.6 Å². The molecule has 1 N–H and O–H groups in total. The van der Waals surface area contributed by atoms with Crippen molar-refractivity contribution >= 4 is 15.7 Å². The highest BCUT2D eigenvalue weighted by Gasteiger charge is 2.29. The predicted octanol–water partition coefficient (Wildman–Crippen LogP) is 3.62. The van der Waals surface area contributed by atoms with Gasteiger partial charge in [0.25, 0.3) is 15.9 Å². The van der Waals surface area contributed by atoms with Crippen molar-refractivity contribution in [3.05, 3.63) is 47.0 Å². The maximum absolute atomic E-state index is 13.1. The molecule has 0 amide bonds. The Labute approximate surface area is 159 Å². The van der Waals surface area contributed by atoms with Crippen LogP contribution in [0, 0.1) is 13.8 Å². The van der Waals surface area contributed by atoms with Gasteiger partial charge in [-0.3, -0.25) is 4.72 Å². The standard InChI is InChI=1S/C19H24N4O3S/c1-6-14-8-10-15(11-9-14)22-27(24,25)18-12(3)17(23(5)13(18)4)19-21-20-16(7-2)26-19/h8-11,22H,6-7H2,1-5H3. The van der Waals surface area contributed by atoms with E-state index in [1.54, 1.807) is 37.6 Å². The maximum atomic E-state index is 13.1. The second-order valence-corrected chi connectivity index (χ2v) is 8.08. The molecular weight excluding hydrogens is 364 g/mol. The first-order valence-corrected chi connectivity index (χ1v) is 10.4. The fraction of sp³-hybridized carbons (Fsp3) is 0.368. The van der Waals surface area contributed by atoms with Crippen molar-refractivity contribution in [1.82, 2.24) is 14.8 Å². The summed E-state index contributed by atoms with van der Waals surface area (Å²) in [5, 5.41) is 8.05. The van der Waals surface area contributed by atoms with E-state index in [1.165, 1.54) is 0 Å². The summed E-state index contributed by atoms with van der Waals surface area (Å²) in [6.07, 6.45) is 1.52. The van der Waals surface area contributed by atoms with Gasteiger partial charge >= 0.3 is 0 Å². The quantitative estimate of drug-likeness (QED) is 0.696. The highest BCUT2D eigenvalue weighted by molar-refractivity contribution is 7.92. The summed E-state index contributed by atoms with van der Waals surface area (Å²) in [4.78, 5) is 0.232. The lowest BCUT2D eigenvalue weighted by atomic mass is 10.2. The van der Waals surface area contributed by atoms with Gasteiger partial charge in [-0.1, -0.05) is 26.0 Å². The Morgan fingerprint density at radius 3 is 2.30 bits per heavy atom. The number of rotatable bonds is 6. The van der Waals surface area contributed by atoms with Gasteiger partial charge in [0, 0.05) is 30.4 Å². The summed E-state index contributed by atoms with van der Waals surface area (Å²) in [5.74, 6) is 0.838. The zero-order valence-corrected chi connectivity index (χ0v) is 17.0. The average molecular weight is 388 g/mol. The molecule has 0 aliphatic rings. The fourth-order valence-corrected chi connectivity index (χ4v) is 4.73. The third-order valence-corrected chi connectivity index (χ3v) is 6.36. The van der Waals surface area contributed by atoms with E-state index < -0.39 is 10.0 Å². The van der Waals surface area contributed by atoms with Crippen molar-refractivity contribution in [2.45, 2.75) is 45.4 Å². The monoisotopic (exact) mass is 388 g/mol. The molecule has 0 atom stereocenters. The van der Waals surface area contributed by atoms with Crippen LogP contribution in [-0.4, -0.2) is 23.2 Å². The number of anilines is 1. The minimum absolute atomic E-state index is 0.232. The highest BCUT2D eigenvalue weighted by Crippen LogP contribution is 2.33. The van der Waals surface area contributed by atoms with E-state index in [-0.39, 0.29) is 4.90 Å². The molecule has 7 nitrogen and oxygen atoms in total. The van der Waals surface area contributed by atoms with Crippen LogP contribution in [0.15, 0.2) is 33.6 Å². The number of hydrogen-bond acceptors (Lipinski definition) is 5. The molecule has 0 bridgehead atoms. The third-order valence-electron chi connectivity index (χ3n) is 4.72. The molecule has 3 rings (SSSR count).